The van der Waals surface area contributed by atoms with E-state index in [0.717, 1.165) is 24.2 Å². The lowest BCUT2D eigenvalue weighted by Crippen LogP contribution is -2.23. The van der Waals surface area contributed by atoms with Crippen molar-refractivity contribution < 1.29 is 4.39 Å². The number of anilines is 1. The zero-order chi connectivity index (χ0) is 12.8. The molecule has 0 saturated carbocycles. The summed E-state index contributed by atoms with van der Waals surface area (Å²) in [6.45, 7) is 5.23. The minimum Gasteiger partial charge on any atom is -0.374 e. The molecule has 1 aromatic carbocycles. The molecule has 1 atom stereocenters. The van der Waals surface area contributed by atoms with Crippen molar-refractivity contribution in [2.24, 2.45) is 0 Å². The molecular weight excluding hydrogens is 215 g/mol. The minimum atomic E-state index is -0.172. The lowest BCUT2D eigenvalue weighted by Gasteiger charge is -2.25. The largest absolute Gasteiger partial charge is 0.374 e. The Kier molecular flexibility index (Phi) is 5.42. The van der Waals surface area contributed by atoms with E-state index in [2.05, 4.69) is 24.2 Å². The van der Waals surface area contributed by atoms with Crippen LogP contribution < -0.4 is 10.2 Å². The minimum absolute atomic E-state index is 0.157. The Morgan fingerprint density at radius 1 is 1.41 bits per heavy atom. The van der Waals surface area contributed by atoms with Gasteiger partial charge >= 0.3 is 0 Å². The lowest BCUT2D eigenvalue weighted by atomic mass is 10.0. The van der Waals surface area contributed by atoms with Crippen LogP contribution in [0, 0.1) is 5.82 Å². The summed E-state index contributed by atoms with van der Waals surface area (Å²) in [6.07, 6.45) is 2.32. The first-order valence-electron chi connectivity index (χ1n) is 6.28. The molecule has 0 aliphatic carbocycles. The van der Waals surface area contributed by atoms with Gasteiger partial charge < -0.3 is 10.2 Å². The second kappa shape index (κ2) is 6.60. The highest BCUT2D eigenvalue weighted by Gasteiger charge is 2.13. The van der Waals surface area contributed by atoms with Gasteiger partial charge in [0.1, 0.15) is 5.82 Å². The van der Waals surface area contributed by atoms with E-state index in [0.29, 0.717) is 0 Å². The lowest BCUT2D eigenvalue weighted by molar-refractivity contribution is 0.606. The summed E-state index contributed by atoms with van der Waals surface area (Å²) in [4.78, 5) is 2.20. The second-order valence-electron chi connectivity index (χ2n) is 4.49. The van der Waals surface area contributed by atoms with Crippen LogP contribution in [-0.4, -0.2) is 20.6 Å². The van der Waals surface area contributed by atoms with Crippen LogP contribution in [0.15, 0.2) is 18.2 Å². The predicted molar refractivity (Wildman–Crippen MR) is 72.1 cm³/mol. The van der Waals surface area contributed by atoms with Crippen molar-refractivity contribution in [2.75, 3.05) is 25.5 Å². The molecule has 0 fully saturated rings. The molecule has 2 nitrogen and oxygen atoms in total. The molecule has 1 rings (SSSR count). The van der Waals surface area contributed by atoms with Crippen LogP contribution in [0.2, 0.25) is 0 Å². The standard InChI is InChI=1S/C14H23FN2/c1-5-6-9-17(4)14-8-7-12(15)10-13(14)11(2)16-3/h7-8,10-11,16H,5-6,9H2,1-4H3. The SMILES string of the molecule is CCCCN(C)c1ccc(F)cc1C(C)NC. The molecule has 0 amide bonds. The van der Waals surface area contributed by atoms with E-state index in [1.807, 2.05) is 20.0 Å². The third kappa shape index (κ3) is 3.70. The monoisotopic (exact) mass is 238 g/mol. The van der Waals surface area contributed by atoms with E-state index in [-0.39, 0.29) is 11.9 Å². The fourth-order valence-electron chi connectivity index (χ4n) is 1.89. The molecule has 1 unspecified atom stereocenters. The molecule has 1 aromatic rings. The zero-order valence-electron chi connectivity index (χ0n) is 11.3. The van der Waals surface area contributed by atoms with Crippen LogP contribution in [0.4, 0.5) is 10.1 Å². The van der Waals surface area contributed by atoms with Crippen LogP contribution in [0.3, 0.4) is 0 Å². The quantitative estimate of drug-likeness (QED) is 0.817. The zero-order valence-corrected chi connectivity index (χ0v) is 11.3. The smallest absolute Gasteiger partial charge is 0.123 e. The number of unbranched alkanes of at least 4 members (excludes halogenated alkanes) is 1. The van der Waals surface area contributed by atoms with Crippen LogP contribution in [0.5, 0.6) is 0 Å². The number of nitrogens with one attached hydrogen (secondary N) is 1. The predicted octanol–water partition coefficient (Wildman–Crippen LogP) is 3.34. The van der Waals surface area contributed by atoms with Crippen molar-refractivity contribution in [3.63, 3.8) is 0 Å². The summed E-state index contributed by atoms with van der Waals surface area (Å²) in [6, 6.07) is 5.18. The number of benzene rings is 1. The molecule has 96 valence electrons. The van der Waals surface area contributed by atoms with Gasteiger partial charge in [0.2, 0.25) is 0 Å². The van der Waals surface area contributed by atoms with Gasteiger partial charge in [0.25, 0.3) is 0 Å². The second-order valence-corrected chi connectivity index (χ2v) is 4.49. The number of rotatable bonds is 6. The number of hydrogen-bond donors (Lipinski definition) is 1. The molecule has 0 spiro atoms. The van der Waals surface area contributed by atoms with Gasteiger partial charge in [-0.2, -0.15) is 0 Å². The Hall–Kier alpha value is -1.09. The van der Waals surface area contributed by atoms with Crippen molar-refractivity contribution in [1.29, 1.82) is 0 Å². The third-order valence-electron chi connectivity index (χ3n) is 3.15. The first-order valence-corrected chi connectivity index (χ1v) is 6.28. The van der Waals surface area contributed by atoms with E-state index >= 15 is 0 Å². The van der Waals surface area contributed by atoms with Crippen LogP contribution in [0.25, 0.3) is 0 Å². The summed E-state index contributed by atoms with van der Waals surface area (Å²) in [7, 11) is 3.96. The van der Waals surface area contributed by atoms with E-state index in [9.17, 15) is 4.39 Å². The Bertz CT molecular complexity index is 352. The van der Waals surface area contributed by atoms with Gasteiger partial charge in [-0.3, -0.25) is 0 Å². The fourth-order valence-corrected chi connectivity index (χ4v) is 1.89. The summed E-state index contributed by atoms with van der Waals surface area (Å²) in [5, 5.41) is 3.17. The number of hydrogen-bond acceptors (Lipinski definition) is 2. The topological polar surface area (TPSA) is 15.3 Å². The van der Waals surface area contributed by atoms with Crippen molar-refractivity contribution in [3.05, 3.63) is 29.6 Å². The maximum Gasteiger partial charge on any atom is 0.123 e. The Balaban J connectivity index is 2.96. The van der Waals surface area contributed by atoms with Crippen LogP contribution in [0.1, 0.15) is 38.3 Å². The van der Waals surface area contributed by atoms with Gasteiger partial charge in [0.05, 0.1) is 0 Å². The molecule has 0 aliphatic heterocycles. The summed E-state index contributed by atoms with van der Waals surface area (Å²) < 4.78 is 13.3. The van der Waals surface area contributed by atoms with Crippen molar-refractivity contribution in [3.8, 4) is 0 Å². The number of halogens is 1. The normalized spacial score (nSPS) is 12.5. The summed E-state index contributed by atoms with van der Waals surface area (Å²) in [5.41, 5.74) is 2.13. The maximum atomic E-state index is 13.3. The van der Waals surface area contributed by atoms with Gasteiger partial charge in [0, 0.05) is 25.3 Å². The van der Waals surface area contributed by atoms with E-state index in [1.54, 1.807) is 6.07 Å². The molecule has 0 aliphatic rings. The Morgan fingerprint density at radius 3 is 2.71 bits per heavy atom. The molecule has 0 radical (unpaired) electrons. The van der Waals surface area contributed by atoms with Crippen molar-refractivity contribution in [2.45, 2.75) is 32.7 Å². The summed E-state index contributed by atoms with van der Waals surface area (Å²) in [5.74, 6) is -0.172. The molecular formula is C14H23FN2. The van der Waals surface area contributed by atoms with E-state index in [4.69, 9.17) is 0 Å². The highest BCUT2D eigenvalue weighted by Crippen LogP contribution is 2.26. The first kappa shape index (κ1) is 14.0. The molecule has 0 aromatic heterocycles. The Labute approximate surface area is 104 Å². The molecule has 0 heterocycles. The van der Waals surface area contributed by atoms with E-state index < -0.39 is 0 Å². The average molecular weight is 238 g/mol. The van der Waals surface area contributed by atoms with E-state index in [1.165, 1.54) is 12.5 Å². The highest BCUT2D eigenvalue weighted by atomic mass is 19.1. The van der Waals surface area contributed by atoms with Gasteiger partial charge in [-0.25, -0.2) is 4.39 Å². The summed E-state index contributed by atoms with van der Waals surface area (Å²) >= 11 is 0. The Morgan fingerprint density at radius 2 is 2.12 bits per heavy atom. The molecule has 17 heavy (non-hydrogen) atoms. The molecule has 0 bridgehead atoms. The molecule has 3 heteroatoms. The van der Waals surface area contributed by atoms with Gasteiger partial charge in [0.15, 0.2) is 0 Å². The van der Waals surface area contributed by atoms with Crippen LogP contribution in [-0.2, 0) is 0 Å². The van der Waals surface area contributed by atoms with Gasteiger partial charge in [-0.05, 0) is 44.2 Å². The average Bonchev–Trinajstić information content (AvgIpc) is 2.34. The van der Waals surface area contributed by atoms with Crippen molar-refractivity contribution in [1.82, 2.24) is 5.32 Å². The molecule has 1 N–H and O–H groups in total. The maximum absolute atomic E-state index is 13.3. The highest BCUT2D eigenvalue weighted by molar-refractivity contribution is 5.54. The van der Waals surface area contributed by atoms with Crippen LogP contribution >= 0.6 is 0 Å². The third-order valence-corrected chi connectivity index (χ3v) is 3.15. The first-order chi connectivity index (χ1) is 8.10. The fraction of sp³-hybridized carbons (Fsp3) is 0.571. The van der Waals surface area contributed by atoms with Gasteiger partial charge in [-0.1, -0.05) is 13.3 Å². The molecule has 0 saturated heterocycles. The van der Waals surface area contributed by atoms with Crippen molar-refractivity contribution >= 4 is 5.69 Å². The van der Waals surface area contributed by atoms with Gasteiger partial charge in [-0.15, -0.1) is 0 Å². The number of nitrogens with zero attached hydrogens (tertiary/aromatic N) is 1.